The van der Waals surface area contributed by atoms with Gasteiger partial charge in [-0.3, -0.25) is 14.5 Å². The highest BCUT2D eigenvalue weighted by molar-refractivity contribution is 6.30. The van der Waals surface area contributed by atoms with Crippen molar-refractivity contribution in [3.63, 3.8) is 0 Å². The Balaban J connectivity index is 2.05. The predicted molar refractivity (Wildman–Crippen MR) is 104 cm³/mol. The molecule has 2 amide bonds. The van der Waals surface area contributed by atoms with E-state index in [1.54, 1.807) is 31.2 Å². The Morgan fingerprint density at radius 3 is 2.64 bits per heavy atom. The molecule has 0 unspecified atom stereocenters. The fourth-order valence-corrected chi connectivity index (χ4v) is 3.18. The summed E-state index contributed by atoms with van der Waals surface area (Å²) in [7, 11) is 0. The number of carbonyl (C=O) groups is 2. The van der Waals surface area contributed by atoms with E-state index in [1.807, 2.05) is 19.1 Å². The van der Waals surface area contributed by atoms with Gasteiger partial charge in [-0.25, -0.2) is 0 Å². The zero-order valence-corrected chi connectivity index (χ0v) is 16.1. The number of aryl methyl sites for hydroxylation is 1. The van der Waals surface area contributed by atoms with Crippen molar-refractivity contribution in [2.45, 2.75) is 13.8 Å². The number of hydrogen-bond donors (Lipinski definition) is 1. The maximum Gasteiger partial charge on any atom is 0.271 e. The van der Waals surface area contributed by atoms with Gasteiger partial charge >= 0.3 is 0 Å². The molecule has 1 aromatic carbocycles. The molecule has 1 aliphatic heterocycles. The van der Waals surface area contributed by atoms with Crippen LogP contribution in [0, 0.1) is 18.3 Å². The molecule has 2 aromatic rings. The van der Waals surface area contributed by atoms with Crippen LogP contribution in [-0.2, 0) is 9.59 Å². The molecule has 0 atom stereocenters. The molecule has 0 bridgehead atoms. The summed E-state index contributed by atoms with van der Waals surface area (Å²) in [6, 6.07) is 10.8. The largest absolute Gasteiger partial charge is 0.457 e. The van der Waals surface area contributed by atoms with Crippen molar-refractivity contribution in [1.82, 2.24) is 4.90 Å². The highest BCUT2D eigenvalue weighted by atomic mass is 35.5. The zero-order valence-electron chi connectivity index (χ0n) is 15.3. The van der Waals surface area contributed by atoms with Gasteiger partial charge in [-0.05, 0) is 55.3 Å². The predicted octanol–water partition coefficient (Wildman–Crippen LogP) is 3.49. The monoisotopic (exact) mass is 396 g/mol. The van der Waals surface area contributed by atoms with E-state index in [1.165, 1.54) is 6.08 Å². The lowest BCUT2D eigenvalue weighted by Gasteiger charge is -2.26. The maximum atomic E-state index is 12.7. The quantitative estimate of drug-likeness (QED) is 0.630. The first-order valence-corrected chi connectivity index (χ1v) is 8.91. The molecule has 0 aliphatic carbocycles. The van der Waals surface area contributed by atoms with Crippen molar-refractivity contribution in [2.75, 3.05) is 13.2 Å². The number of imide groups is 1. The highest BCUT2D eigenvalue weighted by Gasteiger charge is 2.35. The number of nitriles is 1. The number of rotatable bonds is 4. The molecule has 0 radical (unpaired) electrons. The molecule has 7 heteroatoms. The van der Waals surface area contributed by atoms with Crippen molar-refractivity contribution >= 4 is 29.5 Å². The van der Waals surface area contributed by atoms with Crippen LogP contribution in [0.15, 0.2) is 51.5 Å². The Bertz CT molecular complexity index is 1070. The van der Waals surface area contributed by atoms with Crippen LogP contribution < -0.4 is 0 Å². The van der Waals surface area contributed by atoms with E-state index < -0.39 is 11.8 Å². The SMILES string of the molecule is CC1=C(C#N)C(=O)N(CCO)C(=O)/C1=C\c1ccc(-c2cc(Cl)ccc2C)o1. The van der Waals surface area contributed by atoms with Crippen molar-refractivity contribution in [1.29, 1.82) is 5.26 Å². The van der Waals surface area contributed by atoms with Gasteiger partial charge in [0.05, 0.1) is 13.2 Å². The summed E-state index contributed by atoms with van der Waals surface area (Å²) in [5, 5.41) is 19.0. The van der Waals surface area contributed by atoms with E-state index in [2.05, 4.69) is 0 Å². The minimum Gasteiger partial charge on any atom is -0.457 e. The standard InChI is InChI=1S/C21H17ClN2O4/c1-12-3-4-14(22)9-16(12)19-6-5-15(28-19)10-17-13(2)18(11-23)21(27)24(7-8-25)20(17)26/h3-6,9-10,25H,7-8H2,1-2H3/b17-10-. The van der Waals surface area contributed by atoms with Gasteiger partial charge in [-0.1, -0.05) is 17.7 Å². The van der Waals surface area contributed by atoms with Crippen molar-refractivity contribution < 1.29 is 19.1 Å². The number of nitrogens with zero attached hydrogens (tertiary/aromatic N) is 2. The maximum absolute atomic E-state index is 12.7. The van der Waals surface area contributed by atoms with Gasteiger partial charge in [0.25, 0.3) is 11.8 Å². The molecule has 142 valence electrons. The van der Waals surface area contributed by atoms with Crippen molar-refractivity contribution in [3.8, 4) is 17.4 Å². The summed E-state index contributed by atoms with van der Waals surface area (Å²) in [6.07, 6.45) is 1.50. The van der Waals surface area contributed by atoms with Gasteiger partial charge in [0.15, 0.2) is 0 Å². The Kier molecular flexibility index (Phi) is 5.50. The fraction of sp³-hybridized carbons (Fsp3) is 0.190. The average Bonchev–Trinajstić information content (AvgIpc) is 3.13. The summed E-state index contributed by atoms with van der Waals surface area (Å²) < 4.78 is 5.85. The van der Waals surface area contributed by atoms with Crippen LogP contribution in [0.2, 0.25) is 5.02 Å². The number of aliphatic hydroxyl groups is 1. The van der Waals surface area contributed by atoms with Crippen molar-refractivity contribution in [3.05, 3.63) is 63.4 Å². The smallest absolute Gasteiger partial charge is 0.271 e. The summed E-state index contributed by atoms with van der Waals surface area (Å²) in [5.41, 5.74) is 2.14. The second-order valence-electron chi connectivity index (χ2n) is 6.32. The van der Waals surface area contributed by atoms with Gasteiger partial charge in [0.2, 0.25) is 0 Å². The van der Waals surface area contributed by atoms with Crippen LogP contribution in [0.4, 0.5) is 0 Å². The van der Waals surface area contributed by atoms with Crippen LogP contribution in [0.3, 0.4) is 0 Å². The summed E-state index contributed by atoms with van der Waals surface area (Å²) in [4.78, 5) is 25.8. The molecule has 6 nitrogen and oxygen atoms in total. The second-order valence-corrected chi connectivity index (χ2v) is 6.75. The molecule has 0 saturated carbocycles. The van der Waals surface area contributed by atoms with Gasteiger partial charge in [-0.2, -0.15) is 5.26 Å². The number of aliphatic hydroxyl groups excluding tert-OH is 1. The van der Waals surface area contributed by atoms with E-state index in [0.717, 1.165) is 16.0 Å². The van der Waals surface area contributed by atoms with Crippen LogP contribution in [-0.4, -0.2) is 35.0 Å². The summed E-state index contributed by atoms with van der Waals surface area (Å²) in [6.45, 7) is 2.91. The Labute approximate surface area is 166 Å². The summed E-state index contributed by atoms with van der Waals surface area (Å²) >= 11 is 6.07. The van der Waals surface area contributed by atoms with Gasteiger partial charge in [0, 0.05) is 16.2 Å². The number of carbonyl (C=O) groups excluding carboxylic acids is 2. The van der Waals surface area contributed by atoms with Crippen LogP contribution in [0.25, 0.3) is 17.4 Å². The molecule has 1 aliphatic rings. The first kappa shape index (κ1) is 19.6. The number of benzene rings is 1. The van der Waals surface area contributed by atoms with Gasteiger partial charge in [-0.15, -0.1) is 0 Å². The van der Waals surface area contributed by atoms with Gasteiger partial charge < -0.3 is 9.52 Å². The molecule has 0 saturated heterocycles. The molecule has 0 spiro atoms. The molecular weight excluding hydrogens is 380 g/mol. The number of furan rings is 1. The molecule has 0 fully saturated rings. The lowest BCUT2D eigenvalue weighted by Crippen LogP contribution is -2.44. The Morgan fingerprint density at radius 1 is 1.21 bits per heavy atom. The number of hydrogen-bond acceptors (Lipinski definition) is 5. The first-order chi connectivity index (χ1) is 13.4. The van der Waals surface area contributed by atoms with E-state index >= 15 is 0 Å². The molecular formula is C21H17ClN2O4. The Hall–Kier alpha value is -3.14. The number of amides is 2. The lowest BCUT2D eigenvalue weighted by molar-refractivity contribution is -0.140. The highest BCUT2D eigenvalue weighted by Crippen LogP contribution is 2.31. The Morgan fingerprint density at radius 2 is 1.96 bits per heavy atom. The molecule has 2 heterocycles. The average molecular weight is 397 g/mol. The summed E-state index contributed by atoms with van der Waals surface area (Å²) in [5.74, 6) is -0.300. The minimum absolute atomic E-state index is 0.128. The first-order valence-electron chi connectivity index (χ1n) is 8.53. The number of halogens is 1. The molecule has 3 rings (SSSR count). The van der Waals surface area contributed by atoms with Crippen LogP contribution >= 0.6 is 11.6 Å². The third kappa shape index (κ3) is 3.50. The third-order valence-corrected chi connectivity index (χ3v) is 4.76. The fourth-order valence-electron chi connectivity index (χ4n) is 3.01. The van der Waals surface area contributed by atoms with E-state index in [0.29, 0.717) is 16.5 Å². The van der Waals surface area contributed by atoms with E-state index in [-0.39, 0.29) is 29.9 Å². The van der Waals surface area contributed by atoms with Crippen LogP contribution in [0.1, 0.15) is 18.2 Å². The molecule has 28 heavy (non-hydrogen) atoms. The minimum atomic E-state index is -0.703. The van der Waals surface area contributed by atoms with E-state index in [4.69, 9.17) is 21.1 Å². The normalized spacial score (nSPS) is 16.1. The molecule has 1 N–H and O–H groups in total. The second kappa shape index (κ2) is 7.85. The van der Waals surface area contributed by atoms with Crippen LogP contribution in [0.5, 0.6) is 0 Å². The van der Waals surface area contributed by atoms with Crippen molar-refractivity contribution in [2.24, 2.45) is 0 Å². The third-order valence-electron chi connectivity index (χ3n) is 4.53. The molecule has 1 aromatic heterocycles. The number of β-amino-alcohol motifs (C(OH)–C–C–N with tert-alkyl or cyclic N) is 1. The van der Waals surface area contributed by atoms with Gasteiger partial charge in [0.1, 0.15) is 23.2 Å². The lowest BCUT2D eigenvalue weighted by atomic mass is 9.95. The topological polar surface area (TPSA) is 94.5 Å². The zero-order chi connectivity index (χ0) is 20.4. The van der Waals surface area contributed by atoms with E-state index in [9.17, 15) is 14.9 Å².